The SMILES string of the molecule is CN1C[C@H](CNC(=O)c2ccncc2)C[C@@H]2c3cccc4c3c(cn4C)C[C@H]21. The highest BCUT2D eigenvalue weighted by molar-refractivity contribution is 5.94. The van der Waals surface area contributed by atoms with Crippen LogP contribution in [0.25, 0.3) is 10.9 Å². The van der Waals surface area contributed by atoms with Crippen LogP contribution in [0, 0.1) is 5.92 Å². The van der Waals surface area contributed by atoms with Gasteiger partial charge in [0.05, 0.1) is 0 Å². The summed E-state index contributed by atoms with van der Waals surface area (Å²) in [6, 6.07) is 10.8. The fourth-order valence-corrected chi connectivity index (χ4v) is 5.32. The third-order valence-electron chi connectivity index (χ3n) is 6.61. The molecule has 3 heterocycles. The quantitative estimate of drug-likeness (QED) is 0.767. The first-order valence-corrected chi connectivity index (χ1v) is 10.1. The number of nitrogens with one attached hydrogen (secondary N) is 1. The highest BCUT2D eigenvalue weighted by Crippen LogP contribution is 2.44. The van der Waals surface area contributed by atoms with Gasteiger partial charge in [0.15, 0.2) is 0 Å². The summed E-state index contributed by atoms with van der Waals surface area (Å²) < 4.78 is 2.26. The maximum Gasteiger partial charge on any atom is 0.251 e. The fourth-order valence-electron chi connectivity index (χ4n) is 5.32. The van der Waals surface area contributed by atoms with Gasteiger partial charge in [-0.2, -0.15) is 0 Å². The molecule has 1 aliphatic carbocycles. The van der Waals surface area contributed by atoms with Gasteiger partial charge in [0.25, 0.3) is 5.91 Å². The zero-order valence-electron chi connectivity index (χ0n) is 16.4. The molecule has 0 saturated carbocycles. The van der Waals surface area contributed by atoms with Crippen LogP contribution < -0.4 is 5.32 Å². The van der Waals surface area contributed by atoms with Crippen LogP contribution in [-0.4, -0.2) is 46.5 Å². The summed E-state index contributed by atoms with van der Waals surface area (Å²) in [5, 5.41) is 4.59. The first kappa shape index (κ1) is 17.4. The van der Waals surface area contributed by atoms with E-state index in [1.807, 2.05) is 0 Å². The van der Waals surface area contributed by atoms with E-state index in [0.717, 1.165) is 19.4 Å². The number of aryl methyl sites for hydroxylation is 1. The minimum atomic E-state index is -0.0109. The van der Waals surface area contributed by atoms with E-state index in [-0.39, 0.29) is 5.91 Å². The van der Waals surface area contributed by atoms with Gasteiger partial charge >= 0.3 is 0 Å². The zero-order valence-corrected chi connectivity index (χ0v) is 16.4. The van der Waals surface area contributed by atoms with Gasteiger partial charge in [-0.25, -0.2) is 0 Å². The number of nitrogens with zero attached hydrogens (tertiary/aromatic N) is 3. The number of fused-ring (bicyclic) bond motifs is 2. The molecular weight excluding hydrogens is 348 g/mol. The van der Waals surface area contributed by atoms with Gasteiger partial charge in [-0.3, -0.25) is 9.78 Å². The summed E-state index contributed by atoms with van der Waals surface area (Å²) in [5.41, 5.74) is 4.97. The summed E-state index contributed by atoms with van der Waals surface area (Å²) in [5.74, 6) is 0.973. The van der Waals surface area contributed by atoms with Crippen molar-refractivity contribution in [1.29, 1.82) is 0 Å². The van der Waals surface area contributed by atoms with E-state index in [1.54, 1.807) is 24.5 Å². The van der Waals surface area contributed by atoms with Crippen molar-refractivity contribution in [3.8, 4) is 0 Å². The average molecular weight is 374 g/mol. The third kappa shape index (κ3) is 2.81. The van der Waals surface area contributed by atoms with Crippen molar-refractivity contribution in [3.05, 3.63) is 65.6 Å². The average Bonchev–Trinajstić information content (AvgIpc) is 3.04. The molecule has 0 spiro atoms. The lowest BCUT2D eigenvalue weighted by Crippen LogP contribution is -2.50. The lowest BCUT2D eigenvalue weighted by atomic mass is 9.72. The summed E-state index contributed by atoms with van der Waals surface area (Å²) >= 11 is 0. The Morgan fingerprint density at radius 3 is 2.86 bits per heavy atom. The van der Waals surface area contributed by atoms with Crippen LogP contribution in [0.15, 0.2) is 48.9 Å². The number of carbonyl (C=O) groups excluding carboxylic acids is 1. The second kappa shape index (κ2) is 6.74. The number of pyridine rings is 1. The predicted octanol–water partition coefficient (Wildman–Crippen LogP) is 2.96. The van der Waals surface area contributed by atoms with Gasteiger partial charge in [0.2, 0.25) is 0 Å². The van der Waals surface area contributed by atoms with Crippen molar-refractivity contribution in [3.63, 3.8) is 0 Å². The van der Waals surface area contributed by atoms with Crippen molar-refractivity contribution in [2.24, 2.45) is 13.0 Å². The lowest BCUT2D eigenvalue weighted by Gasteiger charge is -2.45. The minimum absolute atomic E-state index is 0.0109. The topological polar surface area (TPSA) is 50.2 Å². The van der Waals surface area contributed by atoms with E-state index in [2.05, 4.69) is 58.3 Å². The van der Waals surface area contributed by atoms with Crippen molar-refractivity contribution in [2.75, 3.05) is 20.1 Å². The maximum absolute atomic E-state index is 12.4. The van der Waals surface area contributed by atoms with Gasteiger partial charge < -0.3 is 14.8 Å². The van der Waals surface area contributed by atoms with Gasteiger partial charge in [-0.15, -0.1) is 0 Å². The number of carbonyl (C=O) groups is 1. The molecule has 3 atom stereocenters. The van der Waals surface area contributed by atoms with Crippen LogP contribution in [0.2, 0.25) is 0 Å². The van der Waals surface area contributed by atoms with E-state index in [4.69, 9.17) is 0 Å². The number of piperidine rings is 1. The van der Waals surface area contributed by atoms with Gasteiger partial charge in [0.1, 0.15) is 0 Å². The van der Waals surface area contributed by atoms with E-state index in [9.17, 15) is 4.79 Å². The number of likely N-dealkylation sites (N-methyl/N-ethyl adjacent to an activating group) is 1. The summed E-state index contributed by atoms with van der Waals surface area (Å²) in [7, 11) is 4.38. The number of aromatic nitrogens is 2. The van der Waals surface area contributed by atoms with E-state index in [1.165, 1.54) is 22.0 Å². The molecule has 1 aromatic carbocycles. The molecule has 1 fully saturated rings. The molecule has 1 aliphatic heterocycles. The Morgan fingerprint density at radius 1 is 1.21 bits per heavy atom. The molecule has 0 bridgehead atoms. The third-order valence-corrected chi connectivity index (χ3v) is 6.61. The fraction of sp³-hybridized carbons (Fsp3) is 0.391. The second-order valence-corrected chi connectivity index (χ2v) is 8.37. The van der Waals surface area contributed by atoms with Crippen LogP contribution in [0.4, 0.5) is 0 Å². The highest BCUT2D eigenvalue weighted by atomic mass is 16.1. The minimum Gasteiger partial charge on any atom is -0.352 e. The number of hydrogen-bond acceptors (Lipinski definition) is 3. The van der Waals surface area contributed by atoms with Crippen molar-refractivity contribution in [2.45, 2.75) is 24.8 Å². The Labute approximate surface area is 165 Å². The molecule has 28 heavy (non-hydrogen) atoms. The van der Waals surface area contributed by atoms with Crippen LogP contribution in [0.1, 0.15) is 33.8 Å². The monoisotopic (exact) mass is 374 g/mol. The number of hydrogen-bond donors (Lipinski definition) is 1. The Balaban J connectivity index is 1.37. The molecule has 144 valence electrons. The summed E-state index contributed by atoms with van der Waals surface area (Å²) in [4.78, 5) is 18.9. The standard InChI is InChI=1S/C23H26N4O/c1-26-13-15(12-25-23(28)16-6-8-24-9-7-16)10-19-18-4-3-5-20-22(18)17(11-21(19)26)14-27(20)2/h3-9,14-15,19,21H,10-13H2,1-2H3,(H,25,28)/t15-,19+,21+/m0/s1. The van der Waals surface area contributed by atoms with Crippen LogP contribution in [0.3, 0.4) is 0 Å². The Hall–Kier alpha value is -2.66. The van der Waals surface area contributed by atoms with Gasteiger partial charge in [0, 0.05) is 67.2 Å². The Kier molecular flexibility index (Phi) is 4.20. The van der Waals surface area contributed by atoms with E-state index in [0.29, 0.717) is 30.0 Å². The smallest absolute Gasteiger partial charge is 0.251 e. The van der Waals surface area contributed by atoms with E-state index >= 15 is 0 Å². The first-order valence-electron chi connectivity index (χ1n) is 10.1. The Morgan fingerprint density at radius 2 is 2.04 bits per heavy atom. The molecule has 5 heteroatoms. The summed E-state index contributed by atoms with van der Waals surface area (Å²) in [6.45, 7) is 1.74. The number of amides is 1. The molecule has 1 amide bonds. The molecule has 5 rings (SSSR count). The summed E-state index contributed by atoms with van der Waals surface area (Å²) in [6.07, 6.45) is 7.87. The largest absolute Gasteiger partial charge is 0.352 e. The molecule has 3 aromatic rings. The maximum atomic E-state index is 12.4. The molecule has 1 N–H and O–H groups in total. The molecule has 0 unspecified atom stereocenters. The normalized spacial score (nSPS) is 24.1. The molecular formula is C23H26N4O. The molecule has 5 nitrogen and oxygen atoms in total. The van der Waals surface area contributed by atoms with Crippen LogP contribution >= 0.6 is 0 Å². The zero-order chi connectivity index (χ0) is 19.3. The van der Waals surface area contributed by atoms with E-state index < -0.39 is 0 Å². The second-order valence-electron chi connectivity index (χ2n) is 8.37. The number of rotatable bonds is 3. The molecule has 2 aromatic heterocycles. The first-order chi connectivity index (χ1) is 13.6. The van der Waals surface area contributed by atoms with Crippen LogP contribution in [0.5, 0.6) is 0 Å². The lowest BCUT2D eigenvalue weighted by molar-refractivity contribution is 0.0891. The van der Waals surface area contributed by atoms with Crippen LogP contribution in [-0.2, 0) is 13.5 Å². The van der Waals surface area contributed by atoms with Gasteiger partial charge in [-0.1, -0.05) is 12.1 Å². The number of likely N-dealkylation sites (tertiary alicyclic amines) is 1. The van der Waals surface area contributed by atoms with Crippen molar-refractivity contribution < 1.29 is 4.79 Å². The highest BCUT2D eigenvalue weighted by Gasteiger charge is 2.39. The Bertz CT molecular complexity index is 1030. The molecule has 0 radical (unpaired) electrons. The molecule has 1 saturated heterocycles. The van der Waals surface area contributed by atoms with Gasteiger partial charge in [-0.05, 0) is 55.1 Å². The number of benzene rings is 1. The molecule has 2 aliphatic rings. The van der Waals surface area contributed by atoms with Crippen molar-refractivity contribution >= 4 is 16.8 Å². The van der Waals surface area contributed by atoms with Crippen molar-refractivity contribution in [1.82, 2.24) is 19.8 Å². The predicted molar refractivity (Wildman–Crippen MR) is 110 cm³/mol.